The molecule has 132 valence electrons. The molecule has 0 radical (unpaired) electrons. The Bertz CT molecular complexity index is 590. The molecule has 3 heterocycles. The van der Waals surface area contributed by atoms with E-state index < -0.39 is 5.92 Å². The van der Waals surface area contributed by atoms with Crippen LogP contribution in [0.5, 0.6) is 0 Å². The van der Waals surface area contributed by atoms with Gasteiger partial charge in [-0.2, -0.15) is 0 Å². The van der Waals surface area contributed by atoms with E-state index in [2.05, 4.69) is 9.97 Å². The molecule has 2 saturated heterocycles. The first-order chi connectivity index (χ1) is 11.4. The molecule has 0 aromatic carbocycles. The molecule has 2 aliphatic rings. The summed E-state index contributed by atoms with van der Waals surface area (Å²) in [5, 5.41) is 0. The molecule has 1 amide bonds. The van der Waals surface area contributed by atoms with Crippen molar-refractivity contribution in [1.82, 2.24) is 19.8 Å². The second-order valence-corrected chi connectivity index (χ2v) is 6.45. The summed E-state index contributed by atoms with van der Waals surface area (Å²) < 4.78 is 32.9. The summed E-state index contributed by atoms with van der Waals surface area (Å²) >= 11 is 0. The van der Waals surface area contributed by atoms with Gasteiger partial charge in [0.25, 0.3) is 11.8 Å². The number of rotatable bonds is 5. The second kappa shape index (κ2) is 6.68. The zero-order valence-corrected chi connectivity index (χ0v) is 13.9. The summed E-state index contributed by atoms with van der Waals surface area (Å²) in [6, 6.07) is -0.340. The van der Waals surface area contributed by atoms with Gasteiger partial charge in [0.05, 0.1) is 25.0 Å². The van der Waals surface area contributed by atoms with Gasteiger partial charge in [-0.25, -0.2) is 13.8 Å². The Hall–Kier alpha value is -1.67. The van der Waals surface area contributed by atoms with E-state index in [0.29, 0.717) is 26.3 Å². The zero-order valence-electron chi connectivity index (χ0n) is 13.9. The number of carbonyl (C=O) groups is 1. The van der Waals surface area contributed by atoms with Gasteiger partial charge in [-0.3, -0.25) is 14.7 Å². The molecular weight excluding hydrogens is 318 g/mol. The Labute approximate surface area is 139 Å². The van der Waals surface area contributed by atoms with Crippen LogP contribution in [0.25, 0.3) is 0 Å². The van der Waals surface area contributed by atoms with Crippen LogP contribution in [0, 0.1) is 6.92 Å². The monoisotopic (exact) mass is 340 g/mol. The SMILES string of the molecule is CCOC[C@@H]1CC(F)(F)CN1C1CN(C(=O)c2cnc(C)cn2)C1. The Morgan fingerprint density at radius 2 is 2.12 bits per heavy atom. The van der Waals surface area contributed by atoms with Crippen LogP contribution in [0.1, 0.15) is 29.5 Å². The predicted molar refractivity (Wildman–Crippen MR) is 83.0 cm³/mol. The van der Waals surface area contributed by atoms with Crippen molar-refractivity contribution in [3.63, 3.8) is 0 Å². The molecule has 0 aliphatic carbocycles. The number of halogens is 2. The number of hydrogen-bond acceptors (Lipinski definition) is 5. The lowest BCUT2D eigenvalue weighted by atomic mass is 10.1. The van der Waals surface area contributed by atoms with Gasteiger partial charge in [0.15, 0.2) is 0 Å². The van der Waals surface area contributed by atoms with Crippen LogP contribution < -0.4 is 0 Å². The minimum atomic E-state index is -2.69. The van der Waals surface area contributed by atoms with Gasteiger partial charge in [0.1, 0.15) is 5.69 Å². The lowest BCUT2D eigenvalue weighted by Crippen LogP contribution is -2.62. The van der Waals surface area contributed by atoms with E-state index in [1.54, 1.807) is 22.9 Å². The summed E-state index contributed by atoms with van der Waals surface area (Å²) in [4.78, 5) is 23.9. The molecule has 24 heavy (non-hydrogen) atoms. The topological polar surface area (TPSA) is 58.6 Å². The third-order valence-electron chi connectivity index (χ3n) is 4.55. The minimum Gasteiger partial charge on any atom is -0.380 e. The third-order valence-corrected chi connectivity index (χ3v) is 4.55. The molecule has 8 heteroatoms. The van der Waals surface area contributed by atoms with Crippen molar-refractivity contribution in [1.29, 1.82) is 0 Å². The summed E-state index contributed by atoms with van der Waals surface area (Å²) in [5.41, 5.74) is 1.03. The molecule has 1 atom stereocenters. The minimum absolute atomic E-state index is 0.0498. The van der Waals surface area contributed by atoms with Gasteiger partial charge in [-0.05, 0) is 13.8 Å². The first-order valence-electron chi connectivity index (χ1n) is 8.19. The number of aromatic nitrogens is 2. The summed E-state index contributed by atoms with van der Waals surface area (Å²) in [7, 11) is 0. The molecule has 0 unspecified atom stereocenters. The Morgan fingerprint density at radius 1 is 1.38 bits per heavy atom. The Morgan fingerprint density at radius 3 is 2.75 bits per heavy atom. The second-order valence-electron chi connectivity index (χ2n) is 6.45. The lowest BCUT2D eigenvalue weighted by molar-refractivity contribution is -0.0150. The van der Waals surface area contributed by atoms with Gasteiger partial charge in [0.2, 0.25) is 0 Å². The lowest BCUT2D eigenvalue weighted by Gasteiger charge is -2.45. The van der Waals surface area contributed by atoms with Crippen LogP contribution in [0.15, 0.2) is 12.4 Å². The van der Waals surface area contributed by atoms with E-state index in [1.807, 2.05) is 6.92 Å². The molecule has 2 fully saturated rings. The number of amides is 1. The van der Waals surface area contributed by atoms with Crippen LogP contribution in [0.3, 0.4) is 0 Å². The average molecular weight is 340 g/mol. The molecular formula is C16H22F2N4O2. The van der Waals surface area contributed by atoms with Crippen molar-refractivity contribution in [2.75, 3.05) is 32.8 Å². The van der Waals surface area contributed by atoms with Gasteiger partial charge < -0.3 is 9.64 Å². The van der Waals surface area contributed by atoms with Crippen molar-refractivity contribution in [2.24, 2.45) is 0 Å². The van der Waals surface area contributed by atoms with Crippen LogP contribution in [0.2, 0.25) is 0 Å². The van der Waals surface area contributed by atoms with E-state index in [4.69, 9.17) is 4.74 Å². The first kappa shape index (κ1) is 17.2. The fourth-order valence-electron chi connectivity index (χ4n) is 3.25. The van der Waals surface area contributed by atoms with Gasteiger partial charge in [0, 0.05) is 44.4 Å². The molecule has 0 N–H and O–H groups in total. The van der Waals surface area contributed by atoms with E-state index >= 15 is 0 Å². The highest BCUT2D eigenvalue weighted by atomic mass is 19.3. The summed E-state index contributed by atoms with van der Waals surface area (Å²) in [5.74, 6) is -2.89. The predicted octanol–water partition coefficient (Wildman–Crippen LogP) is 1.36. The molecule has 2 aliphatic heterocycles. The van der Waals surface area contributed by atoms with E-state index in [1.165, 1.54) is 6.20 Å². The van der Waals surface area contributed by atoms with Crippen molar-refractivity contribution in [3.05, 3.63) is 23.8 Å². The van der Waals surface area contributed by atoms with E-state index in [0.717, 1.165) is 5.69 Å². The van der Waals surface area contributed by atoms with Crippen molar-refractivity contribution in [3.8, 4) is 0 Å². The first-order valence-corrected chi connectivity index (χ1v) is 8.19. The fraction of sp³-hybridized carbons (Fsp3) is 0.688. The maximum absolute atomic E-state index is 13.8. The van der Waals surface area contributed by atoms with E-state index in [-0.39, 0.29) is 36.7 Å². The van der Waals surface area contributed by atoms with Crippen molar-refractivity contribution < 1.29 is 18.3 Å². The number of nitrogens with zero attached hydrogens (tertiary/aromatic N) is 4. The molecule has 1 aromatic heterocycles. The smallest absolute Gasteiger partial charge is 0.274 e. The Kier molecular flexibility index (Phi) is 4.78. The van der Waals surface area contributed by atoms with Gasteiger partial charge >= 0.3 is 0 Å². The average Bonchev–Trinajstić information content (AvgIpc) is 2.79. The van der Waals surface area contributed by atoms with Crippen LogP contribution >= 0.6 is 0 Å². The van der Waals surface area contributed by atoms with Gasteiger partial charge in [-0.15, -0.1) is 0 Å². The van der Waals surface area contributed by atoms with Crippen LogP contribution in [0.4, 0.5) is 8.78 Å². The van der Waals surface area contributed by atoms with Crippen molar-refractivity contribution in [2.45, 2.75) is 38.3 Å². The zero-order chi connectivity index (χ0) is 17.3. The number of likely N-dealkylation sites (tertiary alicyclic amines) is 2. The normalized spacial score (nSPS) is 24.2. The number of alkyl halides is 2. The van der Waals surface area contributed by atoms with Gasteiger partial charge in [-0.1, -0.05) is 0 Å². The third kappa shape index (κ3) is 3.54. The fourth-order valence-corrected chi connectivity index (χ4v) is 3.25. The molecule has 0 bridgehead atoms. The highest BCUT2D eigenvalue weighted by molar-refractivity contribution is 5.92. The van der Waals surface area contributed by atoms with Crippen LogP contribution in [-0.2, 0) is 4.74 Å². The highest BCUT2D eigenvalue weighted by Crippen LogP contribution is 2.35. The van der Waals surface area contributed by atoms with Crippen LogP contribution in [-0.4, -0.2) is 76.5 Å². The largest absolute Gasteiger partial charge is 0.380 e. The molecule has 0 saturated carbocycles. The molecule has 1 aromatic rings. The number of aryl methyl sites for hydroxylation is 1. The van der Waals surface area contributed by atoms with Crippen molar-refractivity contribution >= 4 is 5.91 Å². The highest BCUT2D eigenvalue weighted by Gasteiger charge is 2.50. The Balaban J connectivity index is 1.58. The van der Waals surface area contributed by atoms with E-state index in [9.17, 15) is 13.6 Å². The number of carbonyl (C=O) groups excluding carboxylic acids is 1. The maximum atomic E-state index is 13.8. The summed E-state index contributed by atoms with van der Waals surface area (Å²) in [6.07, 6.45) is 2.82. The maximum Gasteiger partial charge on any atom is 0.274 e. The molecule has 6 nitrogen and oxygen atoms in total. The number of ether oxygens (including phenoxy) is 1. The summed E-state index contributed by atoms with van der Waals surface area (Å²) in [6.45, 7) is 5.08. The standard InChI is InChI=1S/C16H22F2N4O2/c1-3-24-9-12-4-16(17,18)10-22(12)13-7-21(8-13)15(23)14-6-19-11(2)5-20-14/h5-6,12-13H,3-4,7-10H2,1-2H3/t12-/m0/s1. The quantitative estimate of drug-likeness (QED) is 0.810. The molecule has 3 rings (SSSR count). The number of hydrogen-bond donors (Lipinski definition) is 0. The molecule has 0 spiro atoms.